The average Bonchev–Trinajstić information content (AvgIpc) is 2.24. The Morgan fingerprint density at radius 3 is 2.67 bits per heavy atom. The fourth-order valence-electron chi connectivity index (χ4n) is 1.18. The van der Waals surface area contributed by atoms with Crippen molar-refractivity contribution in [2.24, 2.45) is 0 Å². The SMILES string of the molecule is CC(C)(C)OC(=O)NCc1cc(C(=O)O)ccn1. The maximum atomic E-state index is 11.4. The summed E-state index contributed by atoms with van der Waals surface area (Å²) in [6.07, 6.45) is 0.820. The zero-order valence-corrected chi connectivity index (χ0v) is 10.6. The first kappa shape index (κ1) is 14.0. The highest BCUT2D eigenvalue weighted by Gasteiger charge is 2.15. The molecule has 0 aliphatic carbocycles. The van der Waals surface area contributed by atoms with Crippen LogP contribution in [0.1, 0.15) is 36.8 Å². The van der Waals surface area contributed by atoms with Crippen LogP contribution in [0.15, 0.2) is 18.3 Å². The lowest BCUT2D eigenvalue weighted by atomic mass is 10.2. The lowest BCUT2D eigenvalue weighted by molar-refractivity contribution is 0.0522. The van der Waals surface area contributed by atoms with Crippen LogP contribution in [0.5, 0.6) is 0 Å². The van der Waals surface area contributed by atoms with E-state index in [1.165, 1.54) is 18.3 Å². The first-order valence-corrected chi connectivity index (χ1v) is 5.43. The van der Waals surface area contributed by atoms with Crippen LogP contribution < -0.4 is 5.32 Å². The van der Waals surface area contributed by atoms with E-state index in [1.807, 2.05) is 0 Å². The van der Waals surface area contributed by atoms with E-state index in [1.54, 1.807) is 20.8 Å². The minimum absolute atomic E-state index is 0.121. The van der Waals surface area contributed by atoms with Gasteiger partial charge in [-0.05, 0) is 32.9 Å². The van der Waals surface area contributed by atoms with E-state index < -0.39 is 17.7 Å². The Labute approximate surface area is 105 Å². The third kappa shape index (κ3) is 4.82. The molecule has 1 aromatic heterocycles. The average molecular weight is 252 g/mol. The van der Waals surface area contributed by atoms with Crippen LogP contribution in [0.4, 0.5) is 4.79 Å². The summed E-state index contributed by atoms with van der Waals surface area (Å²) in [5, 5.41) is 11.3. The second-order valence-corrected chi connectivity index (χ2v) is 4.70. The molecule has 0 saturated heterocycles. The van der Waals surface area contributed by atoms with Crippen LogP contribution in [0.2, 0.25) is 0 Å². The quantitative estimate of drug-likeness (QED) is 0.856. The van der Waals surface area contributed by atoms with Gasteiger partial charge < -0.3 is 15.2 Å². The van der Waals surface area contributed by atoms with Crippen molar-refractivity contribution >= 4 is 12.1 Å². The minimum atomic E-state index is -1.03. The van der Waals surface area contributed by atoms with Gasteiger partial charge in [0.15, 0.2) is 0 Å². The van der Waals surface area contributed by atoms with Crippen molar-refractivity contribution in [3.05, 3.63) is 29.6 Å². The first-order chi connectivity index (χ1) is 8.28. The Kier molecular flexibility index (Phi) is 4.25. The molecular formula is C12H16N2O4. The number of carbonyl (C=O) groups excluding carboxylic acids is 1. The van der Waals surface area contributed by atoms with Gasteiger partial charge in [-0.15, -0.1) is 0 Å². The predicted octanol–water partition coefficient (Wildman–Crippen LogP) is 1.80. The van der Waals surface area contributed by atoms with E-state index in [0.29, 0.717) is 5.69 Å². The highest BCUT2D eigenvalue weighted by Crippen LogP contribution is 2.07. The molecule has 0 saturated carbocycles. The van der Waals surface area contributed by atoms with Gasteiger partial charge >= 0.3 is 12.1 Å². The third-order valence-corrected chi connectivity index (χ3v) is 1.88. The highest BCUT2D eigenvalue weighted by atomic mass is 16.6. The molecule has 6 heteroatoms. The van der Waals surface area contributed by atoms with Gasteiger partial charge in [-0.3, -0.25) is 4.98 Å². The monoisotopic (exact) mass is 252 g/mol. The van der Waals surface area contributed by atoms with Gasteiger partial charge in [-0.1, -0.05) is 0 Å². The molecule has 2 N–H and O–H groups in total. The number of amides is 1. The Balaban J connectivity index is 2.56. The second kappa shape index (κ2) is 5.48. The van der Waals surface area contributed by atoms with Gasteiger partial charge in [0.1, 0.15) is 5.60 Å². The molecule has 0 fully saturated rings. The normalized spacial score (nSPS) is 10.8. The number of nitrogens with one attached hydrogen (secondary N) is 1. The Bertz CT molecular complexity index is 452. The van der Waals surface area contributed by atoms with Gasteiger partial charge in [0.2, 0.25) is 0 Å². The molecular weight excluding hydrogens is 236 g/mol. The summed E-state index contributed by atoms with van der Waals surface area (Å²) < 4.78 is 5.04. The number of carboxylic acids is 1. The zero-order valence-electron chi connectivity index (χ0n) is 10.6. The molecule has 1 heterocycles. The van der Waals surface area contributed by atoms with Crippen molar-refractivity contribution in [2.45, 2.75) is 32.9 Å². The summed E-state index contributed by atoms with van der Waals surface area (Å²) in [5.41, 5.74) is 0.0206. The van der Waals surface area contributed by atoms with Crippen LogP contribution >= 0.6 is 0 Å². The Morgan fingerprint density at radius 1 is 1.44 bits per heavy atom. The van der Waals surface area contributed by atoms with E-state index in [4.69, 9.17) is 9.84 Å². The molecule has 1 amide bonds. The highest BCUT2D eigenvalue weighted by molar-refractivity contribution is 5.87. The molecule has 0 unspecified atom stereocenters. The number of carbonyl (C=O) groups is 2. The lowest BCUT2D eigenvalue weighted by Crippen LogP contribution is -2.32. The number of hydrogen-bond donors (Lipinski definition) is 2. The number of hydrogen-bond acceptors (Lipinski definition) is 4. The largest absolute Gasteiger partial charge is 0.478 e. The molecule has 1 rings (SSSR count). The minimum Gasteiger partial charge on any atom is -0.478 e. The van der Waals surface area contributed by atoms with E-state index in [2.05, 4.69) is 10.3 Å². The fraction of sp³-hybridized carbons (Fsp3) is 0.417. The predicted molar refractivity (Wildman–Crippen MR) is 64.3 cm³/mol. The first-order valence-electron chi connectivity index (χ1n) is 5.43. The third-order valence-electron chi connectivity index (χ3n) is 1.88. The van der Waals surface area contributed by atoms with Gasteiger partial charge in [-0.2, -0.15) is 0 Å². The standard InChI is InChI=1S/C12H16N2O4/c1-12(2,3)18-11(17)14-7-9-6-8(10(15)16)4-5-13-9/h4-6H,7H2,1-3H3,(H,14,17)(H,15,16). The Hall–Kier alpha value is -2.11. The topological polar surface area (TPSA) is 88.5 Å². The van der Waals surface area contributed by atoms with Crippen molar-refractivity contribution in [1.29, 1.82) is 0 Å². The van der Waals surface area contributed by atoms with Crippen LogP contribution in [0.25, 0.3) is 0 Å². The van der Waals surface area contributed by atoms with Crippen LogP contribution in [0.3, 0.4) is 0 Å². The van der Waals surface area contributed by atoms with Crippen molar-refractivity contribution in [3.63, 3.8) is 0 Å². The molecule has 0 aliphatic heterocycles. The number of ether oxygens (including phenoxy) is 1. The van der Waals surface area contributed by atoms with E-state index in [-0.39, 0.29) is 12.1 Å². The smallest absolute Gasteiger partial charge is 0.407 e. The van der Waals surface area contributed by atoms with Crippen molar-refractivity contribution in [1.82, 2.24) is 10.3 Å². The van der Waals surface area contributed by atoms with Gasteiger partial charge in [0, 0.05) is 6.20 Å². The number of rotatable bonds is 3. The van der Waals surface area contributed by atoms with Gasteiger partial charge in [-0.25, -0.2) is 9.59 Å². The van der Waals surface area contributed by atoms with E-state index in [0.717, 1.165) is 0 Å². The molecule has 1 aromatic rings. The fourth-order valence-corrected chi connectivity index (χ4v) is 1.18. The van der Waals surface area contributed by atoms with Gasteiger partial charge in [0.25, 0.3) is 0 Å². The molecule has 6 nitrogen and oxygen atoms in total. The summed E-state index contributed by atoms with van der Waals surface area (Å²) in [6, 6.07) is 2.79. The zero-order chi connectivity index (χ0) is 13.8. The molecule has 0 aromatic carbocycles. The molecule has 98 valence electrons. The van der Waals surface area contributed by atoms with Crippen LogP contribution in [-0.2, 0) is 11.3 Å². The Morgan fingerprint density at radius 2 is 2.11 bits per heavy atom. The summed E-state index contributed by atoms with van der Waals surface area (Å²) >= 11 is 0. The number of aromatic carboxylic acids is 1. The molecule has 0 radical (unpaired) electrons. The summed E-state index contributed by atoms with van der Waals surface area (Å²) in [7, 11) is 0. The van der Waals surface area contributed by atoms with Crippen LogP contribution in [0, 0.1) is 0 Å². The van der Waals surface area contributed by atoms with Crippen molar-refractivity contribution < 1.29 is 19.4 Å². The summed E-state index contributed by atoms with van der Waals surface area (Å²) in [6.45, 7) is 5.40. The van der Waals surface area contributed by atoms with Crippen molar-refractivity contribution in [3.8, 4) is 0 Å². The lowest BCUT2D eigenvalue weighted by Gasteiger charge is -2.19. The molecule has 0 atom stereocenters. The van der Waals surface area contributed by atoms with Crippen molar-refractivity contribution in [2.75, 3.05) is 0 Å². The number of pyridine rings is 1. The summed E-state index contributed by atoms with van der Waals surface area (Å²) in [5.74, 6) is -1.03. The van der Waals surface area contributed by atoms with Gasteiger partial charge in [0.05, 0.1) is 17.8 Å². The maximum Gasteiger partial charge on any atom is 0.407 e. The summed E-state index contributed by atoms with van der Waals surface area (Å²) in [4.78, 5) is 26.1. The van der Waals surface area contributed by atoms with Crippen LogP contribution in [-0.4, -0.2) is 27.8 Å². The molecule has 18 heavy (non-hydrogen) atoms. The maximum absolute atomic E-state index is 11.4. The molecule has 0 spiro atoms. The number of aromatic nitrogens is 1. The number of alkyl carbamates (subject to hydrolysis) is 1. The molecule has 0 aliphatic rings. The number of nitrogens with zero attached hydrogens (tertiary/aromatic N) is 1. The van der Waals surface area contributed by atoms with E-state index >= 15 is 0 Å². The second-order valence-electron chi connectivity index (χ2n) is 4.70. The number of carboxylic acid groups (broad SMARTS) is 1. The molecule has 0 bridgehead atoms. The van der Waals surface area contributed by atoms with E-state index in [9.17, 15) is 9.59 Å².